The van der Waals surface area contributed by atoms with Crippen molar-refractivity contribution in [1.29, 1.82) is 0 Å². The SMILES string of the molecule is N[C@@H](CS)C(=O)N1C[C@H](O)C[C@H]1C(=O)NCC(=O)O. The number of thiol groups is 1. The molecule has 1 heterocycles. The van der Waals surface area contributed by atoms with E-state index in [2.05, 4.69) is 17.9 Å². The zero-order valence-electron chi connectivity index (χ0n) is 10.2. The molecule has 0 saturated carbocycles. The minimum Gasteiger partial charge on any atom is -0.480 e. The van der Waals surface area contributed by atoms with Crippen molar-refractivity contribution in [1.82, 2.24) is 10.2 Å². The van der Waals surface area contributed by atoms with E-state index in [-0.39, 0.29) is 18.7 Å². The molecule has 19 heavy (non-hydrogen) atoms. The molecule has 2 amide bonds. The lowest BCUT2D eigenvalue weighted by Crippen LogP contribution is -2.52. The number of carboxylic acid groups (broad SMARTS) is 1. The number of aliphatic carboxylic acids is 1. The number of carbonyl (C=O) groups is 3. The number of aliphatic hydroxyl groups is 1. The number of amides is 2. The zero-order chi connectivity index (χ0) is 14.6. The number of hydrogen-bond donors (Lipinski definition) is 5. The summed E-state index contributed by atoms with van der Waals surface area (Å²) in [6, 6.07) is -1.75. The Bertz CT molecular complexity index is 378. The van der Waals surface area contributed by atoms with Crippen LogP contribution in [0.15, 0.2) is 0 Å². The molecule has 108 valence electrons. The van der Waals surface area contributed by atoms with Crippen molar-refractivity contribution in [3.8, 4) is 0 Å². The smallest absolute Gasteiger partial charge is 0.322 e. The molecule has 1 aliphatic heterocycles. The number of nitrogens with zero attached hydrogens (tertiary/aromatic N) is 1. The first-order valence-corrected chi connectivity index (χ1v) is 6.34. The van der Waals surface area contributed by atoms with Gasteiger partial charge in [-0.25, -0.2) is 0 Å². The summed E-state index contributed by atoms with van der Waals surface area (Å²) in [5.41, 5.74) is 5.55. The minimum absolute atomic E-state index is 0.00543. The van der Waals surface area contributed by atoms with Gasteiger partial charge in [-0.3, -0.25) is 14.4 Å². The Labute approximate surface area is 115 Å². The van der Waals surface area contributed by atoms with Crippen LogP contribution in [0, 0.1) is 0 Å². The fraction of sp³-hybridized carbons (Fsp3) is 0.700. The maximum absolute atomic E-state index is 11.9. The number of likely N-dealkylation sites (tertiary alicyclic amines) is 1. The summed E-state index contributed by atoms with van der Waals surface area (Å²) in [5.74, 6) is -2.16. The van der Waals surface area contributed by atoms with Gasteiger partial charge in [0.2, 0.25) is 11.8 Å². The molecule has 8 nitrogen and oxygen atoms in total. The van der Waals surface area contributed by atoms with Gasteiger partial charge in [0.25, 0.3) is 0 Å². The Hall–Kier alpha value is -1.32. The number of β-amino-alcohol motifs (C(OH)–C–C–N with tert-alkyl or cyclic N) is 1. The molecule has 0 aromatic carbocycles. The van der Waals surface area contributed by atoms with Crippen LogP contribution in [0.5, 0.6) is 0 Å². The summed E-state index contributed by atoms with van der Waals surface area (Å²) in [4.78, 5) is 35.2. The van der Waals surface area contributed by atoms with E-state index in [1.165, 1.54) is 4.90 Å². The predicted octanol–water partition coefficient (Wildman–Crippen LogP) is -2.59. The fourth-order valence-corrected chi connectivity index (χ4v) is 2.03. The highest BCUT2D eigenvalue weighted by molar-refractivity contribution is 7.80. The molecule has 3 atom stereocenters. The molecule has 1 rings (SSSR count). The second-order valence-electron chi connectivity index (χ2n) is 4.30. The third-order valence-corrected chi connectivity index (χ3v) is 3.19. The van der Waals surface area contributed by atoms with Crippen LogP contribution in [0.4, 0.5) is 0 Å². The largest absolute Gasteiger partial charge is 0.480 e. The molecule has 5 N–H and O–H groups in total. The lowest BCUT2D eigenvalue weighted by molar-refractivity contribution is -0.141. The van der Waals surface area contributed by atoms with Crippen molar-refractivity contribution in [2.24, 2.45) is 5.73 Å². The van der Waals surface area contributed by atoms with Crippen LogP contribution in [0.3, 0.4) is 0 Å². The van der Waals surface area contributed by atoms with Gasteiger partial charge in [0, 0.05) is 18.7 Å². The topological polar surface area (TPSA) is 133 Å². The number of carboxylic acids is 1. The highest BCUT2D eigenvalue weighted by Crippen LogP contribution is 2.19. The normalized spacial score (nSPS) is 24.1. The van der Waals surface area contributed by atoms with Crippen molar-refractivity contribution in [3.63, 3.8) is 0 Å². The van der Waals surface area contributed by atoms with Crippen molar-refractivity contribution in [3.05, 3.63) is 0 Å². The van der Waals surface area contributed by atoms with Gasteiger partial charge in [-0.05, 0) is 0 Å². The Morgan fingerprint density at radius 1 is 1.47 bits per heavy atom. The second kappa shape index (κ2) is 6.73. The van der Waals surface area contributed by atoms with Gasteiger partial charge < -0.3 is 26.2 Å². The van der Waals surface area contributed by atoms with Crippen LogP contribution in [0.1, 0.15) is 6.42 Å². The highest BCUT2D eigenvalue weighted by atomic mass is 32.1. The third kappa shape index (κ3) is 4.08. The van der Waals surface area contributed by atoms with E-state index in [1.807, 2.05) is 0 Å². The van der Waals surface area contributed by atoms with Gasteiger partial charge in [0.15, 0.2) is 0 Å². The lowest BCUT2D eigenvalue weighted by atomic mass is 10.1. The Kier molecular flexibility index (Phi) is 5.58. The average molecular weight is 291 g/mol. The molecular weight excluding hydrogens is 274 g/mol. The molecule has 0 radical (unpaired) electrons. The number of aliphatic hydroxyl groups excluding tert-OH is 1. The summed E-state index contributed by atoms with van der Waals surface area (Å²) in [6.07, 6.45) is -0.757. The molecule has 1 fully saturated rings. The first-order valence-electron chi connectivity index (χ1n) is 5.71. The Morgan fingerprint density at radius 3 is 2.63 bits per heavy atom. The lowest BCUT2D eigenvalue weighted by Gasteiger charge is -2.25. The van der Waals surface area contributed by atoms with Crippen LogP contribution < -0.4 is 11.1 Å². The highest BCUT2D eigenvalue weighted by Gasteiger charge is 2.40. The third-order valence-electron chi connectivity index (χ3n) is 2.79. The van der Waals surface area contributed by atoms with Crippen LogP contribution in [0.25, 0.3) is 0 Å². The standard InChI is InChI=1S/C10H17N3O5S/c11-6(4-19)10(18)13-3-5(14)1-7(13)9(17)12-2-8(15)16/h5-7,14,19H,1-4,11H2,(H,12,17)(H,15,16)/t5-,6+,7+/m1/s1. The minimum atomic E-state index is -1.18. The fourth-order valence-electron chi connectivity index (χ4n) is 1.88. The van der Waals surface area contributed by atoms with Gasteiger partial charge >= 0.3 is 5.97 Å². The first-order chi connectivity index (χ1) is 8.86. The van der Waals surface area contributed by atoms with Crippen LogP contribution in [-0.4, -0.2) is 69.9 Å². The van der Waals surface area contributed by atoms with Gasteiger partial charge in [0.1, 0.15) is 12.6 Å². The zero-order valence-corrected chi connectivity index (χ0v) is 11.0. The van der Waals surface area contributed by atoms with E-state index in [0.29, 0.717) is 0 Å². The Morgan fingerprint density at radius 2 is 2.11 bits per heavy atom. The molecule has 0 aliphatic carbocycles. The van der Waals surface area contributed by atoms with Crippen LogP contribution >= 0.6 is 12.6 Å². The quantitative estimate of drug-likeness (QED) is 0.353. The number of nitrogens with one attached hydrogen (secondary N) is 1. The molecule has 0 spiro atoms. The van der Waals surface area contributed by atoms with Gasteiger partial charge in [-0.15, -0.1) is 0 Å². The number of rotatable bonds is 5. The van der Waals surface area contributed by atoms with E-state index in [0.717, 1.165) is 0 Å². The van der Waals surface area contributed by atoms with Gasteiger partial charge in [-0.2, -0.15) is 12.6 Å². The average Bonchev–Trinajstić information content (AvgIpc) is 2.76. The van der Waals surface area contributed by atoms with Crippen molar-refractivity contribution < 1.29 is 24.6 Å². The Balaban J connectivity index is 2.71. The van der Waals surface area contributed by atoms with Crippen LogP contribution in [-0.2, 0) is 14.4 Å². The molecule has 0 aromatic rings. The molecule has 0 aromatic heterocycles. The summed E-state index contributed by atoms with van der Waals surface area (Å²) in [5, 5.41) is 20.2. The van der Waals surface area contributed by atoms with Crippen LogP contribution in [0.2, 0.25) is 0 Å². The molecule has 0 unspecified atom stereocenters. The monoisotopic (exact) mass is 291 g/mol. The maximum atomic E-state index is 11.9. The first kappa shape index (κ1) is 15.7. The van der Waals surface area contributed by atoms with Crippen molar-refractivity contribution >= 4 is 30.4 Å². The van der Waals surface area contributed by atoms with E-state index < -0.39 is 42.5 Å². The number of carbonyl (C=O) groups excluding carboxylic acids is 2. The van der Waals surface area contributed by atoms with Gasteiger partial charge in [-0.1, -0.05) is 0 Å². The molecular formula is C10H17N3O5S. The molecule has 1 aliphatic rings. The van der Waals surface area contributed by atoms with Crippen molar-refractivity contribution in [2.45, 2.75) is 24.6 Å². The van der Waals surface area contributed by atoms with E-state index in [1.54, 1.807) is 0 Å². The molecule has 1 saturated heterocycles. The summed E-state index contributed by atoms with van der Waals surface area (Å²) < 4.78 is 0. The molecule has 9 heteroatoms. The predicted molar refractivity (Wildman–Crippen MR) is 68.6 cm³/mol. The summed E-state index contributed by atoms with van der Waals surface area (Å²) >= 11 is 3.91. The van der Waals surface area contributed by atoms with Gasteiger partial charge in [0.05, 0.1) is 12.1 Å². The maximum Gasteiger partial charge on any atom is 0.322 e. The number of hydrogen-bond acceptors (Lipinski definition) is 6. The summed E-state index contributed by atoms with van der Waals surface area (Å²) in [7, 11) is 0. The van der Waals surface area contributed by atoms with E-state index >= 15 is 0 Å². The molecule has 0 bridgehead atoms. The van der Waals surface area contributed by atoms with E-state index in [9.17, 15) is 19.5 Å². The number of nitrogens with two attached hydrogens (primary N) is 1. The van der Waals surface area contributed by atoms with E-state index in [4.69, 9.17) is 10.8 Å². The summed E-state index contributed by atoms with van der Waals surface area (Å²) in [6.45, 7) is -0.530. The second-order valence-corrected chi connectivity index (χ2v) is 4.66. The van der Waals surface area contributed by atoms with Crippen molar-refractivity contribution in [2.75, 3.05) is 18.8 Å².